The van der Waals surface area contributed by atoms with Gasteiger partial charge in [-0.25, -0.2) is 0 Å². The maximum absolute atomic E-state index is 5.76. The first-order chi connectivity index (χ1) is 7.38. The molecule has 98 valence electrons. The highest BCUT2D eigenvalue weighted by Crippen LogP contribution is 2.12. The van der Waals surface area contributed by atoms with Crippen LogP contribution < -0.4 is 5.73 Å². The van der Waals surface area contributed by atoms with E-state index in [1.807, 2.05) is 0 Å². The molecule has 0 heterocycles. The molecule has 0 rings (SSSR count). The standard InChI is InChI=1S/C13H31N3/c1-11(2)10-16(8-7-15(5)6)13(4)12(3)9-14/h11-13H,7-10,14H2,1-6H3. The number of hydrogen-bond acceptors (Lipinski definition) is 3. The van der Waals surface area contributed by atoms with Crippen molar-refractivity contribution in [2.45, 2.75) is 33.7 Å². The third-order valence-corrected chi connectivity index (χ3v) is 3.21. The Morgan fingerprint density at radius 1 is 1.00 bits per heavy atom. The summed E-state index contributed by atoms with van der Waals surface area (Å²) in [5.74, 6) is 1.29. The SMILES string of the molecule is CC(C)CN(CCN(C)C)C(C)C(C)CN. The third kappa shape index (κ3) is 6.46. The lowest BCUT2D eigenvalue weighted by molar-refractivity contribution is 0.135. The molecule has 0 radical (unpaired) electrons. The predicted octanol–water partition coefficient (Wildman–Crippen LogP) is 1.49. The molecule has 2 unspecified atom stereocenters. The van der Waals surface area contributed by atoms with E-state index in [1.54, 1.807) is 0 Å². The Kier molecular flexibility index (Phi) is 7.98. The van der Waals surface area contributed by atoms with Crippen LogP contribution >= 0.6 is 0 Å². The molecule has 0 saturated carbocycles. The van der Waals surface area contributed by atoms with Gasteiger partial charge in [-0.2, -0.15) is 0 Å². The van der Waals surface area contributed by atoms with E-state index in [2.05, 4.69) is 51.6 Å². The molecule has 0 amide bonds. The molecule has 0 spiro atoms. The molecule has 0 saturated heterocycles. The van der Waals surface area contributed by atoms with Crippen molar-refractivity contribution in [1.29, 1.82) is 0 Å². The lowest BCUT2D eigenvalue weighted by Gasteiger charge is -2.34. The Hall–Kier alpha value is -0.120. The fraction of sp³-hybridized carbons (Fsp3) is 1.00. The largest absolute Gasteiger partial charge is 0.330 e. The van der Waals surface area contributed by atoms with Crippen LogP contribution in [0.3, 0.4) is 0 Å². The minimum Gasteiger partial charge on any atom is -0.330 e. The third-order valence-electron chi connectivity index (χ3n) is 3.21. The highest BCUT2D eigenvalue weighted by Gasteiger charge is 2.19. The van der Waals surface area contributed by atoms with Crippen LogP contribution in [-0.2, 0) is 0 Å². The zero-order valence-electron chi connectivity index (χ0n) is 12.0. The average Bonchev–Trinajstić information content (AvgIpc) is 2.21. The molecule has 0 aromatic rings. The normalized spacial score (nSPS) is 16.1. The number of nitrogens with zero attached hydrogens (tertiary/aromatic N) is 2. The van der Waals surface area contributed by atoms with E-state index in [9.17, 15) is 0 Å². The first-order valence-electron chi connectivity index (χ1n) is 6.47. The molecule has 0 aliphatic carbocycles. The van der Waals surface area contributed by atoms with Gasteiger partial charge in [-0.15, -0.1) is 0 Å². The lowest BCUT2D eigenvalue weighted by Crippen LogP contribution is -2.44. The zero-order chi connectivity index (χ0) is 12.7. The number of likely N-dealkylation sites (N-methyl/N-ethyl adjacent to an activating group) is 1. The summed E-state index contributed by atoms with van der Waals surface area (Å²) < 4.78 is 0. The van der Waals surface area contributed by atoms with Gasteiger partial charge in [0.25, 0.3) is 0 Å². The fourth-order valence-electron chi connectivity index (χ4n) is 1.82. The first kappa shape index (κ1) is 15.9. The maximum Gasteiger partial charge on any atom is 0.0112 e. The second-order valence-corrected chi connectivity index (χ2v) is 5.65. The van der Waals surface area contributed by atoms with Crippen LogP contribution in [0.25, 0.3) is 0 Å². The van der Waals surface area contributed by atoms with Crippen molar-refractivity contribution in [3.63, 3.8) is 0 Å². The van der Waals surface area contributed by atoms with Crippen molar-refractivity contribution in [3.8, 4) is 0 Å². The Morgan fingerprint density at radius 3 is 1.94 bits per heavy atom. The molecule has 16 heavy (non-hydrogen) atoms. The van der Waals surface area contributed by atoms with Gasteiger partial charge in [-0.3, -0.25) is 4.90 Å². The molecule has 3 heteroatoms. The molecule has 0 bridgehead atoms. The van der Waals surface area contributed by atoms with E-state index in [-0.39, 0.29) is 0 Å². The minimum atomic E-state index is 0.570. The van der Waals surface area contributed by atoms with E-state index in [1.165, 1.54) is 6.54 Å². The summed E-state index contributed by atoms with van der Waals surface area (Å²) >= 11 is 0. The summed E-state index contributed by atoms with van der Waals surface area (Å²) in [4.78, 5) is 4.81. The minimum absolute atomic E-state index is 0.570. The quantitative estimate of drug-likeness (QED) is 0.684. The topological polar surface area (TPSA) is 32.5 Å². The van der Waals surface area contributed by atoms with Crippen LogP contribution in [0.1, 0.15) is 27.7 Å². The van der Waals surface area contributed by atoms with Crippen LogP contribution in [0.2, 0.25) is 0 Å². The molecule has 2 N–H and O–H groups in total. The van der Waals surface area contributed by atoms with E-state index in [4.69, 9.17) is 5.73 Å². The van der Waals surface area contributed by atoms with Crippen LogP contribution in [0, 0.1) is 11.8 Å². The summed E-state index contributed by atoms with van der Waals surface area (Å²) in [6, 6.07) is 0.576. The highest BCUT2D eigenvalue weighted by atomic mass is 15.2. The van der Waals surface area contributed by atoms with Crippen LogP contribution in [-0.4, -0.2) is 56.1 Å². The fourth-order valence-corrected chi connectivity index (χ4v) is 1.82. The summed E-state index contributed by atoms with van der Waals surface area (Å²) in [5, 5.41) is 0. The summed E-state index contributed by atoms with van der Waals surface area (Å²) in [5.41, 5.74) is 5.76. The Balaban J connectivity index is 4.28. The van der Waals surface area contributed by atoms with Crippen molar-refractivity contribution in [1.82, 2.24) is 9.80 Å². The number of hydrogen-bond donors (Lipinski definition) is 1. The van der Waals surface area contributed by atoms with Gasteiger partial charge >= 0.3 is 0 Å². The van der Waals surface area contributed by atoms with Crippen molar-refractivity contribution >= 4 is 0 Å². The molecule has 0 aliphatic rings. The van der Waals surface area contributed by atoms with Crippen molar-refractivity contribution in [2.24, 2.45) is 17.6 Å². The molecule has 2 atom stereocenters. The van der Waals surface area contributed by atoms with Crippen LogP contribution in [0.5, 0.6) is 0 Å². The van der Waals surface area contributed by atoms with Crippen molar-refractivity contribution < 1.29 is 0 Å². The monoisotopic (exact) mass is 229 g/mol. The predicted molar refractivity (Wildman–Crippen MR) is 72.6 cm³/mol. The van der Waals surface area contributed by atoms with Crippen LogP contribution in [0.4, 0.5) is 0 Å². The van der Waals surface area contributed by atoms with Gasteiger partial charge in [0.2, 0.25) is 0 Å². The molecule has 0 aromatic carbocycles. The van der Waals surface area contributed by atoms with Gasteiger partial charge in [0.05, 0.1) is 0 Å². The van der Waals surface area contributed by atoms with E-state index < -0.39 is 0 Å². The maximum atomic E-state index is 5.76. The van der Waals surface area contributed by atoms with E-state index in [0.717, 1.165) is 25.6 Å². The molecular formula is C13H31N3. The second-order valence-electron chi connectivity index (χ2n) is 5.65. The molecular weight excluding hydrogens is 198 g/mol. The van der Waals surface area contributed by atoms with Gasteiger partial charge in [-0.1, -0.05) is 20.8 Å². The Labute approximate surface area is 102 Å². The Bertz CT molecular complexity index is 169. The smallest absolute Gasteiger partial charge is 0.0112 e. The van der Waals surface area contributed by atoms with Gasteiger partial charge < -0.3 is 10.6 Å². The summed E-state index contributed by atoms with van der Waals surface area (Å²) in [7, 11) is 4.26. The highest BCUT2D eigenvalue weighted by molar-refractivity contribution is 4.75. The van der Waals surface area contributed by atoms with Crippen molar-refractivity contribution in [2.75, 3.05) is 40.3 Å². The number of nitrogens with two attached hydrogens (primary N) is 1. The number of rotatable bonds is 8. The molecule has 0 fully saturated rings. The Morgan fingerprint density at radius 2 is 1.56 bits per heavy atom. The molecule has 0 aromatic heterocycles. The summed E-state index contributed by atoms with van der Waals surface area (Å²) in [6.07, 6.45) is 0. The first-order valence-corrected chi connectivity index (χ1v) is 6.47. The van der Waals surface area contributed by atoms with Gasteiger partial charge in [0.1, 0.15) is 0 Å². The van der Waals surface area contributed by atoms with Crippen LogP contribution in [0.15, 0.2) is 0 Å². The second kappa shape index (κ2) is 8.04. The van der Waals surface area contributed by atoms with Gasteiger partial charge in [-0.05, 0) is 39.4 Å². The van der Waals surface area contributed by atoms with Gasteiger partial charge in [0, 0.05) is 25.7 Å². The van der Waals surface area contributed by atoms with E-state index >= 15 is 0 Å². The molecule has 0 aliphatic heterocycles. The van der Waals surface area contributed by atoms with E-state index in [0.29, 0.717) is 12.0 Å². The zero-order valence-corrected chi connectivity index (χ0v) is 12.0. The lowest BCUT2D eigenvalue weighted by atomic mass is 10.0. The van der Waals surface area contributed by atoms with Crippen molar-refractivity contribution in [3.05, 3.63) is 0 Å². The molecule has 3 nitrogen and oxygen atoms in total. The average molecular weight is 229 g/mol. The summed E-state index contributed by atoms with van der Waals surface area (Å²) in [6.45, 7) is 13.3. The van der Waals surface area contributed by atoms with Gasteiger partial charge in [0.15, 0.2) is 0 Å².